The van der Waals surface area contributed by atoms with Crippen molar-refractivity contribution in [3.05, 3.63) is 48.5 Å². The van der Waals surface area contributed by atoms with Crippen LogP contribution in [0.1, 0.15) is 12.5 Å². The SMILES string of the molecule is CCSc1ccc(Cn2ccnc2)cc1. The van der Waals surface area contributed by atoms with E-state index in [-0.39, 0.29) is 0 Å². The summed E-state index contributed by atoms with van der Waals surface area (Å²) in [7, 11) is 0. The third-order valence-corrected chi connectivity index (χ3v) is 3.05. The number of rotatable bonds is 4. The van der Waals surface area contributed by atoms with Crippen molar-refractivity contribution in [2.45, 2.75) is 18.4 Å². The van der Waals surface area contributed by atoms with Crippen LogP contribution < -0.4 is 0 Å². The molecule has 1 aromatic heterocycles. The molecule has 3 heteroatoms. The van der Waals surface area contributed by atoms with E-state index in [1.807, 2.05) is 24.3 Å². The fourth-order valence-electron chi connectivity index (χ4n) is 1.45. The zero-order chi connectivity index (χ0) is 10.5. The zero-order valence-electron chi connectivity index (χ0n) is 8.76. The molecule has 1 aromatic carbocycles. The maximum absolute atomic E-state index is 4.02. The van der Waals surface area contributed by atoms with Crippen LogP contribution in [0.15, 0.2) is 47.9 Å². The lowest BCUT2D eigenvalue weighted by Crippen LogP contribution is -1.95. The average Bonchev–Trinajstić information content (AvgIpc) is 2.74. The summed E-state index contributed by atoms with van der Waals surface area (Å²) in [6.45, 7) is 3.07. The van der Waals surface area contributed by atoms with Crippen LogP contribution in [0.4, 0.5) is 0 Å². The van der Waals surface area contributed by atoms with Gasteiger partial charge in [0.1, 0.15) is 0 Å². The van der Waals surface area contributed by atoms with E-state index in [4.69, 9.17) is 0 Å². The maximum atomic E-state index is 4.02. The Hall–Kier alpha value is -1.22. The van der Waals surface area contributed by atoms with Gasteiger partial charge >= 0.3 is 0 Å². The lowest BCUT2D eigenvalue weighted by Gasteiger charge is -2.03. The van der Waals surface area contributed by atoms with Gasteiger partial charge in [-0.1, -0.05) is 19.1 Å². The standard InChI is InChI=1S/C12H14N2S/c1-2-15-12-5-3-11(4-6-12)9-14-8-7-13-10-14/h3-8,10H,2,9H2,1H3. The van der Waals surface area contributed by atoms with Gasteiger partial charge in [0.2, 0.25) is 0 Å². The summed E-state index contributed by atoms with van der Waals surface area (Å²) in [6.07, 6.45) is 5.63. The average molecular weight is 218 g/mol. The molecule has 0 fully saturated rings. The lowest BCUT2D eigenvalue weighted by molar-refractivity contribution is 0.796. The largest absolute Gasteiger partial charge is 0.333 e. The molecule has 0 spiro atoms. The van der Waals surface area contributed by atoms with Gasteiger partial charge in [-0.2, -0.15) is 0 Å². The van der Waals surface area contributed by atoms with Gasteiger partial charge in [-0.15, -0.1) is 11.8 Å². The smallest absolute Gasteiger partial charge is 0.0949 e. The summed E-state index contributed by atoms with van der Waals surface area (Å²) in [5.74, 6) is 1.13. The number of imidazole rings is 1. The molecule has 0 saturated heterocycles. The van der Waals surface area contributed by atoms with Crippen LogP contribution in [-0.2, 0) is 6.54 Å². The van der Waals surface area contributed by atoms with Gasteiger partial charge in [-0.25, -0.2) is 4.98 Å². The fourth-order valence-corrected chi connectivity index (χ4v) is 2.11. The molecule has 2 nitrogen and oxygen atoms in total. The molecule has 0 radical (unpaired) electrons. The van der Waals surface area contributed by atoms with Crippen molar-refractivity contribution in [2.75, 3.05) is 5.75 Å². The van der Waals surface area contributed by atoms with Crippen LogP contribution in [-0.4, -0.2) is 15.3 Å². The Bertz CT molecular complexity index is 392. The Labute approximate surface area is 94.3 Å². The first kappa shape index (κ1) is 10.3. The molecule has 15 heavy (non-hydrogen) atoms. The van der Waals surface area contributed by atoms with E-state index in [1.165, 1.54) is 10.5 Å². The van der Waals surface area contributed by atoms with Gasteiger partial charge < -0.3 is 4.57 Å². The van der Waals surface area contributed by atoms with Crippen LogP contribution in [0.3, 0.4) is 0 Å². The van der Waals surface area contributed by atoms with Crippen LogP contribution >= 0.6 is 11.8 Å². The Morgan fingerprint density at radius 2 is 2.07 bits per heavy atom. The molecular weight excluding hydrogens is 204 g/mol. The lowest BCUT2D eigenvalue weighted by atomic mass is 10.2. The van der Waals surface area contributed by atoms with Gasteiger partial charge in [-0.05, 0) is 23.4 Å². The van der Waals surface area contributed by atoms with Gasteiger partial charge in [0.15, 0.2) is 0 Å². The molecule has 0 aliphatic rings. The van der Waals surface area contributed by atoms with Crippen LogP contribution in [0, 0.1) is 0 Å². The highest BCUT2D eigenvalue weighted by Crippen LogP contribution is 2.17. The summed E-state index contributed by atoms with van der Waals surface area (Å²) >= 11 is 1.87. The van der Waals surface area contributed by atoms with E-state index in [9.17, 15) is 0 Å². The summed E-state index contributed by atoms with van der Waals surface area (Å²) in [4.78, 5) is 5.36. The Balaban J connectivity index is 2.04. The molecule has 2 rings (SSSR count). The summed E-state index contributed by atoms with van der Waals surface area (Å²) in [6, 6.07) is 8.72. The summed E-state index contributed by atoms with van der Waals surface area (Å²) in [5, 5.41) is 0. The minimum atomic E-state index is 0.900. The van der Waals surface area contributed by atoms with Crippen molar-refractivity contribution in [1.82, 2.24) is 9.55 Å². The fraction of sp³-hybridized carbons (Fsp3) is 0.250. The minimum absolute atomic E-state index is 0.900. The third kappa shape index (κ3) is 2.86. The predicted octanol–water partition coefficient (Wildman–Crippen LogP) is 3.04. The van der Waals surface area contributed by atoms with Gasteiger partial charge in [0.25, 0.3) is 0 Å². The minimum Gasteiger partial charge on any atom is -0.333 e. The van der Waals surface area contributed by atoms with E-state index in [2.05, 4.69) is 40.7 Å². The van der Waals surface area contributed by atoms with Crippen molar-refractivity contribution in [2.24, 2.45) is 0 Å². The molecule has 0 atom stereocenters. The first-order valence-corrected chi connectivity index (χ1v) is 6.04. The van der Waals surface area contributed by atoms with Crippen molar-refractivity contribution >= 4 is 11.8 Å². The highest BCUT2D eigenvalue weighted by Gasteiger charge is 1.95. The summed E-state index contributed by atoms with van der Waals surface area (Å²) in [5.41, 5.74) is 1.31. The molecule has 0 saturated carbocycles. The number of benzene rings is 1. The zero-order valence-corrected chi connectivity index (χ0v) is 9.57. The van der Waals surface area contributed by atoms with Crippen molar-refractivity contribution in [3.63, 3.8) is 0 Å². The van der Waals surface area contributed by atoms with E-state index in [0.29, 0.717) is 0 Å². The van der Waals surface area contributed by atoms with Crippen LogP contribution in [0.5, 0.6) is 0 Å². The Morgan fingerprint density at radius 3 is 2.67 bits per heavy atom. The second kappa shape index (κ2) is 5.03. The number of aromatic nitrogens is 2. The molecule has 0 aliphatic heterocycles. The molecule has 2 aromatic rings. The third-order valence-electron chi connectivity index (χ3n) is 2.16. The first-order chi connectivity index (χ1) is 7.38. The molecule has 1 heterocycles. The highest BCUT2D eigenvalue weighted by molar-refractivity contribution is 7.99. The summed E-state index contributed by atoms with van der Waals surface area (Å²) < 4.78 is 2.07. The number of thioether (sulfide) groups is 1. The van der Waals surface area contributed by atoms with E-state index < -0.39 is 0 Å². The van der Waals surface area contributed by atoms with Gasteiger partial charge in [0.05, 0.1) is 6.33 Å². The molecule has 0 amide bonds. The van der Waals surface area contributed by atoms with Gasteiger partial charge in [0, 0.05) is 23.8 Å². The molecule has 0 unspecified atom stereocenters. The topological polar surface area (TPSA) is 17.8 Å². The normalized spacial score (nSPS) is 10.5. The highest BCUT2D eigenvalue weighted by atomic mass is 32.2. The maximum Gasteiger partial charge on any atom is 0.0949 e. The molecule has 0 aliphatic carbocycles. The first-order valence-electron chi connectivity index (χ1n) is 5.06. The van der Waals surface area contributed by atoms with E-state index >= 15 is 0 Å². The van der Waals surface area contributed by atoms with Crippen molar-refractivity contribution in [3.8, 4) is 0 Å². The van der Waals surface area contributed by atoms with Crippen molar-refractivity contribution in [1.29, 1.82) is 0 Å². The quantitative estimate of drug-likeness (QED) is 0.734. The number of nitrogens with zero attached hydrogens (tertiary/aromatic N) is 2. The molecule has 78 valence electrons. The van der Waals surface area contributed by atoms with Crippen LogP contribution in [0.25, 0.3) is 0 Å². The Morgan fingerprint density at radius 1 is 1.27 bits per heavy atom. The van der Waals surface area contributed by atoms with E-state index in [1.54, 1.807) is 6.20 Å². The number of hydrogen-bond donors (Lipinski definition) is 0. The second-order valence-corrected chi connectivity index (χ2v) is 4.65. The predicted molar refractivity (Wildman–Crippen MR) is 64.2 cm³/mol. The molecule has 0 N–H and O–H groups in total. The number of hydrogen-bond acceptors (Lipinski definition) is 2. The molecular formula is C12H14N2S. The van der Waals surface area contributed by atoms with E-state index in [0.717, 1.165) is 12.3 Å². The second-order valence-electron chi connectivity index (χ2n) is 3.31. The van der Waals surface area contributed by atoms with Gasteiger partial charge in [-0.3, -0.25) is 0 Å². The molecule has 0 bridgehead atoms. The van der Waals surface area contributed by atoms with Crippen molar-refractivity contribution < 1.29 is 0 Å². The Kier molecular flexibility index (Phi) is 3.45. The monoisotopic (exact) mass is 218 g/mol. The van der Waals surface area contributed by atoms with Crippen LogP contribution in [0.2, 0.25) is 0 Å².